The fraction of sp³-hybridized carbons (Fsp3) is 0.333. The van der Waals surface area contributed by atoms with Gasteiger partial charge in [0.25, 0.3) is 5.91 Å². The van der Waals surface area contributed by atoms with Crippen LogP contribution in [-0.4, -0.2) is 32.4 Å². The molecule has 0 aromatic heterocycles. The van der Waals surface area contributed by atoms with Crippen LogP contribution in [0.25, 0.3) is 0 Å². The summed E-state index contributed by atoms with van der Waals surface area (Å²) in [4.78, 5) is 12.3. The highest BCUT2D eigenvalue weighted by Gasteiger charge is 2.19. The zero-order chi connectivity index (χ0) is 19.5. The van der Waals surface area contributed by atoms with Crippen LogP contribution in [-0.2, 0) is 9.53 Å². The molecule has 0 bridgehead atoms. The lowest BCUT2D eigenvalue weighted by Crippen LogP contribution is -2.26. The Balaban J connectivity index is 2.04. The molecule has 0 fully saturated rings. The molecule has 6 nitrogen and oxygen atoms in total. The van der Waals surface area contributed by atoms with Crippen molar-refractivity contribution in [3.8, 4) is 11.5 Å². The predicted octanol–water partition coefficient (Wildman–Crippen LogP) is 3.71. The molecule has 0 heterocycles. The Hall–Kier alpha value is -2.86. The van der Waals surface area contributed by atoms with Gasteiger partial charge in [-0.3, -0.25) is 4.79 Å². The van der Waals surface area contributed by atoms with Crippen molar-refractivity contribution in [1.82, 2.24) is 5.43 Å². The van der Waals surface area contributed by atoms with Gasteiger partial charge in [-0.15, -0.1) is 0 Å². The second-order valence-corrected chi connectivity index (χ2v) is 5.75. The number of benzene rings is 2. The molecule has 0 spiro atoms. The highest BCUT2D eigenvalue weighted by molar-refractivity contribution is 5.85. The van der Waals surface area contributed by atoms with E-state index >= 15 is 0 Å². The molecule has 0 aliphatic heterocycles. The first-order valence-electron chi connectivity index (χ1n) is 8.99. The maximum Gasteiger partial charge on any atom is 0.273 e. The Kier molecular flexibility index (Phi) is 8.32. The molecule has 1 atom stereocenters. The van der Waals surface area contributed by atoms with Crippen LogP contribution in [0.1, 0.15) is 37.5 Å². The summed E-state index contributed by atoms with van der Waals surface area (Å²) in [5.74, 6) is 1.01. The van der Waals surface area contributed by atoms with Crippen molar-refractivity contribution in [3.05, 3.63) is 59.7 Å². The van der Waals surface area contributed by atoms with E-state index in [-0.39, 0.29) is 5.91 Å². The van der Waals surface area contributed by atoms with Gasteiger partial charge < -0.3 is 14.2 Å². The molecule has 0 radical (unpaired) electrons. The van der Waals surface area contributed by atoms with Crippen LogP contribution in [0.2, 0.25) is 0 Å². The number of methoxy groups -OCH3 is 1. The maximum atomic E-state index is 12.3. The molecule has 2 rings (SSSR count). The molecule has 2 aromatic carbocycles. The predicted molar refractivity (Wildman–Crippen MR) is 105 cm³/mol. The van der Waals surface area contributed by atoms with Crippen molar-refractivity contribution >= 4 is 12.1 Å². The Labute approximate surface area is 160 Å². The third-order valence-electron chi connectivity index (χ3n) is 3.69. The van der Waals surface area contributed by atoms with E-state index in [0.717, 1.165) is 17.5 Å². The number of nitrogens with zero attached hydrogens (tertiary/aromatic N) is 1. The molecule has 2 aromatic rings. The van der Waals surface area contributed by atoms with Crippen LogP contribution in [0.5, 0.6) is 11.5 Å². The van der Waals surface area contributed by atoms with Crippen molar-refractivity contribution in [2.75, 3.05) is 20.3 Å². The number of carbonyl (C=O) groups is 1. The summed E-state index contributed by atoms with van der Waals surface area (Å²) in [5.41, 5.74) is 4.07. The van der Waals surface area contributed by atoms with Gasteiger partial charge in [-0.2, -0.15) is 5.10 Å². The highest BCUT2D eigenvalue weighted by Crippen LogP contribution is 2.28. The minimum atomic E-state index is -0.716. The van der Waals surface area contributed by atoms with E-state index in [0.29, 0.717) is 24.7 Å². The van der Waals surface area contributed by atoms with E-state index in [4.69, 9.17) is 14.2 Å². The van der Waals surface area contributed by atoms with Crippen molar-refractivity contribution in [3.63, 3.8) is 0 Å². The van der Waals surface area contributed by atoms with Crippen molar-refractivity contribution in [1.29, 1.82) is 0 Å². The summed E-state index contributed by atoms with van der Waals surface area (Å²) in [6.07, 6.45) is 1.76. The summed E-state index contributed by atoms with van der Waals surface area (Å²) < 4.78 is 16.6. The molecule has 0 aliphatic carbocycles. The summed E-state index contributed by atoms with van der Waals surface area (Å²) in [5, 5.41) is 4.03. The third kappa shape index (κ3) is 6.11. The van der Waals surface area contributed by atoms with Gasteiger partial charge in [0.15, 0.2) is 17.6 Å². The third-order valence-corrected chi connectivity index (χ3v) is 3.69. The number of rotatable bonds is 10. The smallest absolute Gasteiger partial charge is 0.273 e. The highest BCUT2D eigenvalue weighted by atomic mass is 16.5. The van der Waals surface area contributed by atoms with Crippen LogP contribution >= 0.6 is 0 Å². The van der Waals surface area contributed by atoms with E-state index in [2.05, 4.69) is 10.5 Å². The lowest BCUT2D eigenvalue weighted by Gasteiger charge is -2.13. The minimum absolute atomic E-state index is 0.340. The topological polar surface area (TPSA) is 69.2 Å². The van der Waals surface area contributed by atoms with Gasteiger partial charge >= 0.3 is 0 Å². The first-order chi connectivity index (χ1) is 13.2. The quantitative estimate of drug-likeness (QED) is 0.511. The molecule has 1 amide bonds. The van der Waals surface area contributed by atoms with E-state index in [1.807, 2.05) is 62.4 Å². The van der Waals surface area contributed by atoms with E-state index in [1.165, 1.54) is 7.11 Å². The average molecular weight is 370 g/mol. The summed E-state index contributed by atoms with van der Waals surface area (Å²) in [6, 6.07) is 14.8. The molecule has 6 heteroatoms. The van der Waals surface area contributed by atoms with Crippen LogP contribution < -0.4 is 14.9 Å². The van der Waals surface area contributed by atoms with Gasteiger partial charge in [-0.25, -0.2) is 5.43 Å². The SMILES string of the molecule is CCCOc1ccc(C=NNC(=O)C(OC)c2ccccc2)cc1OCC. The molecular formula is C21H26N2O4. The molecule has 0 aliphatic rings. The zero-order valence-electron chi connectivity index (χ0n) is 16.0. The molecule has 144 valence electrons. The van der Waals surface area contributed by atoms with Crippen molar-refractivity contribution in [2.45, 2.75) is 26.4 Å². The normalized spacial score (nSPS) is 12.0. The second kappa shape index (κ2) is 11.0. The lowest BCUT2D eigenvalue weighted by molar-refractivity contribution is -0.131. The summed E-state index contributed by atoms with van der Waals surface area (Å²) in [7, 11) is 1.49. The van der Waals surface area contributed by atoms with Gasteiger partial charge in [-0.1, -0.05) is 37.3 Å². The van der Waals surface area contributed by atoms with Crippen LogP contribution in [0.3, 0.4) is 0 Å². The van der Waals surface area contributed by atoms with E-state index in [9.17, 15) is 4.79 Å². The first kappa shape index (κ1) is 20.5. The van der Waals surface area contributed by atoms with E-state index < -0.39 is 6.10 Å². The fourth-order valence-electron chi connectivity index (χ4n) is 2.46. The molecule has 27 heavy (non-hydrogen) atoms. The van der Waals surface area contributed by atoms with Gasteiger partial charge in [0, 0.05) is 7.11 Å². The molecule has 1 N–H and O–H groups in total. The Bertz CT molecular complexity index is 747. The number of hydrazone groups is 1. The standard InChI is InChI=1S/C21H26N2O4/c1-4-13-27-18-12-11-16(14-19(18)26-5-2)15-22-23-21(24)20(25-3)17-9-7-6-8-10-17/h6-12,14-15,20H,4-5,13H2,1-3H3,(H,23,24). The zero-order valence-corrected chi connectivity index (χ0v) is 16.0. The Morgan fingerprint density at radius 3 is 2.56 bits per heavy atom. The van der Waals surface area contributed by atoms with Crippen LogP contribution in [0.15, 0.2) is 53.6 Å². The Morgan fingerprint density at radius 2 is 1.89 bits per heavy atom. The number of nitrogens with one attached hydrogen (secondary N) is 1. The van der Waals surface area contributed by atoms with Gasteiger partial charge in [0.05, 0.1) is 19.4 Å². The van der Waals surface area contributed by atoms with Crippen molar-refractivity contribution in [2.24, 2.45) is 5.10 Å². The van der Waals surface area contributed by atoms with E-state index in [1.54, 1.807) is 6.21 Å². The second-order valence-electron chi connectivity index (χ2n) is 5.75. The average Bonchev–Trinajstić information content (AvgIpc) is 2.69. The molecule has 0 saturated heterocycles. The van der Waals surface area contributed by atoms with Crippen LogP contribution in [0, 0.1) is 0 Å². The number of carbonyl (C=O) groups excluding carboxylic acids is 1. The largest absolute Gasteiger partial charge is 0.490 e. The first-order valence-corrected chi connectivity index (χ1v) is 8.99. The lowest BCUT2D eigenvalue weighted by atomic mass is 10.1. The number of hydrogen-bond donors (Lipinski definition) is 1. The summed E-state index contributed by atoms with van der Waals surface area (Å²) in [6.45, 7) is 5.12. The van der Waals surface area contributed by atoms with Crippen LogP contribution in [0.4, 0.5) is 0 Å². The Morgan fingerprint density at radius 1 is 1.11 bits per heavy atom. The number of amides is 1. The van der Waals surface area contributed by atoms with Gasteiger partial charge in [0.2, 0.25) is 0 Å². The van der Waals surface area contributed by atoms with Gasteiger partial charge in [-0.05, 0) is 42.7 Å². The monoisotopic (exact) mass is 370 g/mol. The molecular weight excluding hydrogens is 344 g/mol. The number of hydrogen-bond acceptors (Lipinski definition) is 5. The number of ether oxygens (including phenoxy) is 3. The minimum Gasteiger partial charge on any atom is -0.490 e. The maximum absolute atomic E-state index is 12.3. The molecule has 0 saturated carbocycles. The van der Waals surface area contributed by atoms with Crippen molar-refractivity contribution < 1.29 is 19.0 Å². The summed E-state index contributed by atoms with van der Waals surface area (Å²) >= 11 is 0. The fourth-order valence-corrected chi connectivity index (χ4v) is 2.46. The van der Waals surface area contributed by atoms with Gasteiger partial charge in [0.1, 0.15) is 0 Å². The molecule has 1 unspecified atom stereocenters.